The largest absolute Gasteiger partial charge is 0.507 e. The van der Waals surface area contributed by atoms with Gasteiger partial charge in [-0.1, -0.05) is 18.2 Å². The van der Waals surface area contributed by atoms with E-state index in [4.69, 9.17) is 9.47 Å². The Hall–Kier alpha value is -2.69. The summed E-state index contributed by atoms with van der Waals surface area (Å²) in [5.41, 5.74) is 1.81. The lowest BCUT2D eigenvalue weighted by Gasteiger charge is -2.17. The molecule has 2 rings (SSSR count). The van der Waals surface area contributed by atoms with Gasteiger partial charge in [0.05, 0.1) is 25.3 Å². The van der Waals surface area contributed by atoms with Crippen molar-refractivity contribution in [2.75, 3.05) is 13.7 Å². The number of rotatable bonds is 6. The molecule has 5 heteroatoms. The van der Waals surface area contributed by atoms with E-state index in [-0.39, 0.29) is 23.3 Å². The standard InChI is InChI=1S/C19H23NO4/c1-5-24-16-10-9-14(11-17(16)23-4)13(3)20-19(22)15-8-6-7-12(2)18(15)21/h6-11,13,21H,5H2,1-4H3,(H,20,22). The van der Waals surface area contributed by atoms with E-state index in [1.807, 2.05) is 32.0 Å². The number of methoxy groups -OCH3 is 1. The molecule has 1 amide bonds. The summed E-state index contributed by atoms with van der Waals surface area (Å²) in [5.74, 6) is 0.968. The number of phenolic OH excluding ortho intramolecular Hbond substituents is 1. The number of carbonyl (C=O) groups is 1. The molecule has 0 saturated carbocycles. The first-order valence-electron chi connectivity index (χ1n) is 7.88. The van der Waals surface area contributed by atoms with Gasteiger partial charge in [0, 0.05) is 0 Å². The number of carbonyl (C=O) groups excluding carboxylic acids is 1. The number of phenols is 1. The molecule has 2 N–H and O–H groups in total. The predicted octanol–water partition coefficient (Wildman–Crippen LogP) is 3.60. The lowest BCUT2D eigenvalue weighted by atomic mass is 10.1. The molecule has 0 aliphatic rings. The van der Waals surface area contributed by atoms with E-state index < -0.39 is 0 Å². The fourth-order valence-corrected chi connectivity index (χ4v) is 2.43. The van der Waals surface area contributed by atoms with E-state index >= 15 is 0 Å². The third-order valence-electron chi connectivity index (χ3n) is 3.82. The molecule has 0 heterocycles. The van der Waals surface area contributed by atoms with E-state index in [1.165, 1.54) is 0 Å². The first-order chi connectivity index (χ1) is 11.5. The van der Waals surface area contributed by atoms with Crippen molar-refractivity contribution in [3.8, 4) is 17.2 Å². The number of aromatic hydroxyl groups is 1. The van der Waals surface area contributed by atoms with Crippen molar-refractivity contribution >= 4 is 5.91 Å². The molecule has 24 heavy (non-hydrogen) atoms. The van der Waals surface area contributed by atoms with Gasteiger partial charge < -0.3 is 19.9 Å². The highest BCUT2D eigenvalue weighted by atomic mass is 16.5. The summed E-state index contributed by atoms with van der Waals surface area (Å²) >= 11 is 0. The van der Waals surface area contributed by atoms with Gasteiger partial charge >= 0.3 is 0 Å². The maximum atomic E-state index is 12.4. The van der Waals surface area contributed by atoms with E-state index in [0.29, 0.717) is 23.7 Å². The fourth-order valence-electron chi connectivity index (χ4n) is 2.43. The van der Waals surface area contributed by atoms with Crippen molar-refractivity contribution in [3.05, 3.63) is 53.1 Å². The number of hydrogen-bond donors (Lipinski definition) is 2. The average Bonchev–Trinajstić information content (AvgIpc) is 2.57. The topological polar surface area (TPSA) is 67.8 Å². The van der Waals surface area contributed by atoms with E-state index in [9.17, 15) is 9.90 Å². The Morgan fingerprint density at radius 2 is 2.00 bits per heavy atom. The van der Waals surface area contributed by atoms with E-state index in [1.54, 1.807) is 32.2 Å². The van der Waals surface area contributed by atoms with Crippen molar-refractivity contribution in [2.45, 2.75) is 26.8 Å². The molecule has 0 aromatic heterocycles. The minimum absolute atomic E-state index is 0.00599. The molecule has 0 radical (unpaired) electrons. The highest BCUT2D eigenvalue weighted by molar-refractivity contribution is 5.97. The molecular formula is C19H23NO4. The predicted molar refractivity (Wildman–Crippen MR) is 92.9 cm³/mol. The molecule has 0 aliphatic carbocycles. The maximum absolute atomic E-state index is 12.4. The van der Waals surface area contributed by atoms with Crippen LogP contribution in [0.5, 0.6) is 17.2 Å². The molecule has 2 aromatic carbocycles. The number of hydrogen-bond acceptors (Lipinski definition) is 4. The Morgan fingerprint density at radius 1 is 1.25 bits per heavy atom. The van der Waals surface area contributed by atoms with Crippen LogP contribution in [0.15, 0.2) is 36.4 Å². The number of amides is 1. The van der Waals surface area contributed by atoms with Gasteiger partial charge in [0.25, 0.3) is 5.91 Å². The van der Waals surface area contributed by atoms with Crippen LogP contribution in [0.4, 0.5) is 0 Å². The molecule has 0 spiro atoms. The Kier molecular flexibility index (Phi) is 5.68. The Labute approximate surface area is 142 Å². The van der Waals surface area contributed by atoms with Gasteiger partial charge in [-0.25, -0.2) is 0 Å². The smallest absolute Gasteiger partial charge is 0.255 e. The second-order valence-electron chi connectivity index (χ2n) is 5.51. The minimum atomic E-state index is -0.323. The van der Waals surface area contributed by atoms with Gasteiger partial charge in [-0.05, 0) is 50.1 Å². The Morgan fingerprint density at radius 3 is 2.67 bits per heavy atom. The Balaban J connectivity index is 2.18. The van der Waals surface area contributed by atoms with Crippen LogP contribution in [0.25, 0.3) is 0 Å². The highest BCUT2D eigenvalue weighted by Crippen LogP contribution is 2.30. The lowest BCUT2D eigenvalue weighted by molar-refractivity contribution is 0.0937. The van der Waals surface area contributed by atoms with Crippen LogP contribution in [0.2, 0.25) is 0 Å². The van der Waals surface area contributed by atoms with Crippen LogP contribution >= 0.6 is 0 Å². The molecule has 2 aromatic rings. The van der Waals surface area contributed by atoms with Crippen molar-refractivity contribution in [1.82, 2.24) is 5.32 Å². The number of nitrogens with one attached hydrogen (secondary N) is 1. The third kappa shape index (κ3) is 3.79. The van der Waals surface area contributed by atoms with Crippen LogP contribution in [0, 0.1) is 6.92 Å². The molecule has 0 fully saturated rings. The first kappa shape index (κ1) is 17.7. The number of benzene rings is 2. The normalized spacial score (nSPS) is 11.7. The van der Waals surface area contributed by atoms with Crippen molar-refractivity contribution < 1.29 is 19.4 Å². The Bertz CT molecular complexity index is 727. The van der Waals surface area contributed by atoms with Gasteiger partial charge in [0.1, 0.15) is 5.75 Å². The molecule has 5 nitrogen and oxygen atoms in total. The summed E-state index contributed by atoms with van der Waals surface area (Å²) in [6.45, 7) is 6.09. The van der Waals surface area contributed by atoms with Gasteiger partial charge in [0.2, 0.25) is 0 Å². The SMILES string of the molecule is CCOc1ccc(C(C)NC(=O)c2cccc(C)c2O)cc1OC. The summed E-state index contributed by atoms with van der Waals surface area (Å²) in [6, 6.07) is 10.4. The van der Waals surface area contributed by atoms with E-state index in [0.717, 1.165) is 5.56 Å². The number of ether oxygens (including phenoxy) is 2. The van der Waals surface area contributed by atoms with Crippen LogP contribution in [0.1, 0.15) is 41.4 Å². The van der Waals surface area contributed by atoms with Crippen molar-refractivity contribution in [3.63, 3.8) is 0 Å². The zero-order chi connectivity index (χ0) is 17.7. The van der Waals surface area contributed by atoms with Gasteiger partial charge in [-0.2, -0.15) is 0 Å². The molecule has 128 valence electrons. The van der Waals surface area contributed by atoms with Crippen molar-refractivity contribution in [2.24, 2.45) is 0 Å². The molecule has 1 unspecified atom stereocenters. The second-order valence-corrected chi connectivity index (χ2v) is 5.51. The lowest BCUT2D eigenvalue weighted by Crippen LogP contribution is -2.26. The summed E-state index contributed by atoms with van der Waals surface area (Å²) in [4.78, 5) is 12.4. The fraction of sp³-hybridized carbons (Fsp3) is 0.316. The van der Waals surface area contributed by atoms with Gasteiger partial charge in [0.15, 0.2) is 11.5 Å². The van der Waals surface area contributed by atoms with Gasteiger partial charge in [-0.3, -0.25) is 4.79 Å². The van der Waals surface area contributed by atoms with Crippen LogP contribution < -0.4 is 14.8 Å². The molecule has 0 aliphatic heterocycles. The summed E-state index contributed by atoms with van der Waals surface area (Å²) < 4.78 is 10.8. The summed E-state index contributed by atoms with van der Waals surface area (Å²) in [6.07, 6.45) is 0. The minimum Gasteiger partial charge on any atom is -0.507 e. The van der Waals surface area contributed by atoms with Crippen LogP contribution in [-0.4, -0.2) is 24.7 Å². The zero-order valence-corrected chi connectivity index (χ0v) is 14.4. The molecule has 0 saturated heterocycles. The summed E-state index contributed by atoms with van der Waals surface area (Å²) in [5, 5.41) is 12.9. The van der Waals surface area contributed by atoms with Gasteiger partial charge in [-0.15, -0.1) is 0 Å². The number of aryl methyl sites for hydroxylation is 1. The highest BCUT2D eigenvalue weighted by Gasteiger charge is 2.17. The summed E-state index contributed by atoms with van der Waals surface area (Å²) in [7, 11) is 1.58. The van der Waals surface area contributed by atoms with Crippen molar-refractivity contribution in [1.29, 1.82) is 0 Å². The van der Waals surface area contributed by atoms with E-state index in [2.05, 4.69) is 5.32 Å². The first-order valence-corrected chi connectivity index (χ1v) is 7.88. The zero-order valence-electron chi connectivity index (χ0n) is 14.4. The second kappa shape index (κ2) is 7.73. The maximum Gasteiger partial charge on any atom is 0.255 e. The number of para-hydroxylation sites is 1. The molecule has 0 bridgehead atoms. The molecular weight excluding hydrogens is 306 g/mol. The van der Waals surface area contributed by atoms with Crippen LogP contribution in [0.3, 0.4) is 0 Å². The third-order valence-corrected chi connectivity index (χ3v) is 3.82. The molecule has 1 atom stereocenters. The van der Waals surface area contributed by atoms with Crippen LogP contribution in [-0.2, 0) is 0 Å². The monoisotopic (exact) mass is 329 g/mol. The quantitative estimate of drug-likeness (QED) is 0.850. The average molecular weight is 329 g/mol.